The smallest absolute Gasteiger partial charge is 0.115 e. The Kier molecular flexibility index (Phi) is 3.58. The van der Waals surface area contributed by atoms with Crippen LogP contribution in [0.25, 0.3) is 0 Å². The van der Waals surface area contributed by atoms with Crippen molar-refractivity contribution in [1.29, 1.82) is 0 Å². The molecular formula is C16H19NOS. The van der Waals surface area contributed by atoms with E-state index in [2.05, 4.69) is 29.8 Å². The third-order valence-electron chi connectivity index (χ3n) is 3.92. The van der Waals surface area contributed by atoms with E-state index in [0.717, 1.165) is 19.4 Å². The summed E-state index contributed by atoms with van der Waals surface area (Å²) in [5.74, 6) is 0.375. The molecule has 0 spiro atoms. The van der Waals surface area contributed by atoms with Crippen molar-refractivity contribution < 1.29 is 5.11 Å². The van der Waals surface area contributed by atoms with Crippen LogP contribution >= 0.6 is 11.3 Å². The fourth-order valence-electron chi connectivity index (χ4n) is 2.80. The number of aromatic hydroxyl groups is 1. The van der Waals surface area contributed by atoms with E-state index in [9.17, 15) is 5.11 Å². The van der Waals surface area contributed by atoms with Gasteiger partial charge >= 0.3 is 0 Å². The Morgan fingerprint density at radius 1 is 1.37 bits per heavy atom. The first-order valence-electron chi connectivity index (χ1n) is 6.82. The first kappa shape index (κ1) is 12.7. The highest BCUT2D eigenvalue weighted by atomic mass is 32.1. The van der Waals surface area contributed by atoms with Gasteiger partial charge in [0.15, 0.2) is 0 Å². The molecule has 0 amide bonds. The van der Waals surface area contributed by atoms with Crippen molar-refractivity contribution in [2.45, 2.75) is 38.8 Å². The molecule has 2 nitrogen and oxygen atoms in total. The fraction of sp³-hybridized carbons (Fsp3) is 0.375. The van der Waals surface area contributed by atoms with E-state index in [1.807, 2.05) is 17.4 Å². The van der Waals surface area contributed by atoms with E-state index in [-0.39, 0.29) is 0 Å². The topological polar surface area (TPSA) is 32.3 Å². The quantitative estimate of drug-likeness (QED) is 0.888. The second kappa shape index (κ2) is 5.35. The number of phenolic OH excluding ortho intramolecular Hbond substituents is 1. The standard InChI is InChI=1S/C16H19NOS/c1-11-7-8-19-16(11)10-17-15-4-2-3-12-5-6-13(18)9-14(12)15/h5-9,15,17-18H,2-4,10H2,1H3. The van der Waals surface area contributed by atoms with E-state index >= 15 is 0 Å². The lowest BCUT2D eigenvalue weighted by Crippen LogP contribution is -2.24. The van der Waals surface area contributed by atoms with Crippen molar-refractivity contribution in [3.63, 3.8) is 0 Å². The van der Waals surface area contributed by atoms with Gasteiger partial charge in [-0.05, 0) is 66.5 Å². The number of phenols is 1. The van der Waals surface area contributed by atoms with Gasteiger partial charge in [-0.3, -0.25) is 0 Å². The summed E-state index contributed by atoms with van der Waals surface area (Å²) in [6.45, 7) is 3.08. The lowest BCUT2D eigenvalue weighted by Gasteiger charge is -2.26. The van der Waals surface area contributed by atoms with Crippen molar-refractivity contribution in [2.24, 2.45) is 0 Å². The molecule has 1 heterocycles. The summed E-state index contributed by atoms with van der Waals surface area (Å²) >= 11 is 1.81. The third-order valence-corrected chi connectivity index (χ3v) is 4.94. The molecule has 100 valence electrons. The van der Waals surface area contributed by atoms with Crippen LogP contribution in [0.1, 0.15) is 40.5 Å². The Labute approximate surface area is 118 Å². The molecule has 1 atom stereocenters. The minimum absolute atomic E-state index is 0.373. The maximum absolute atomic E-state index is 9.68. The summed E-state index contributed by atoms with van der Waals surface area (Å²) in [5.41, 5.74) is 4.02. The maximum Gasteiger partial charge on any atom is 0.115 e. The van der Waals surface area contributed by atoms with Gasteiger partial charge in [-0.2, -0.15) is 0 Å². The van der Waals surface area contributed by atoms with Crippen LogP contribution in [0.5, 0.6) is 5.75 Å². The van der Waals surface area contributed by atoms with Gasteiger partial charge < -0.3 is 10.4 Å². The van der Waals surface area contributed by atoms with Crippen LogP contribution in [-0.2, 0) is 13.0 Å². The summed E-state index contributed by atoms with van der Waals surface area (Å²) in [7, 11) is 0. The minimum Gasteiger partial charge on any atom is -0.508 e. The highest BCUT2D eigenvalue weighted by Crippen LogP contribution is 2.32. The Morgan fingerprint density at radius 2 is 2.26 bits per heavy atom. The number of rotatable bonds is 3. The van der Waals surface area contributed by atoms with E-state index in [1.165, 1.54) is 28.0 Å². The number of aryl methyl sites for hydroxylation is 2. The molecular weight excluding hydrogens is 254 g/mol. The van der Waals surface area contributed by atoms with Crippen molar-refractivity contribution in [3.8, 4) is 5.75 Å². The van der Waals surface area contributed by atoms with Gasteiger partial charge in [0.1, 0.15) is 5.75 Å². The molecule has 0 fully saturated rings. The van der Waals surface area contributed by atoms with Crippen LogP contribution in [0.4, 0.5) is 0 Å². The molecule has 2 aromatic rings. The highest BCUT2D eigenvalue weighted by Gasteiger charge is 2.20. The molecule has 1 aromatic carbocycles. The SMILES string of the molecule is Cc1ccsc1CNC1CCCc2ccc(O)cc21. The van der Waals surface area contributed by atoms with E-state index in [4.69, 9.17) is 0 Å². The second-order valence-corrected chi connectivity index (χ2v) is 6.24. The molecule has 1 aliphatic carbocycles. The van der Waals surface area contributed by atoms with E-state index < -0.39 is 0 Å². The van der Waals surface area contributed by atoms with Crippen LogP contribution in [0.3, 0.4) is 0 Å². The largest absolute Gasteiger partial charge is 0.508 e. The zero-order valence-electron chi connectivity index (χ0n) is 11.1. The Morgan fingerprint density at radius 3 is 3.05 bits per heavy atom. The Bertz CT molecular complexity index is 576. The van der Waals surface area contributed by atoms with Crippen molar-refractivity contribution in [3.05, 3.63) is 51.2 Å². The normalized spacial score (nSPS) is 18.3. The molecule has 0 saturated heterocycles. The van der Waals surface area contributed by atoms with Crippen LogP contribution in [0.2, 0.25) is 0 Å². The lowest BCUT2D eigenvalue weighted by molar-refractivity contribution is 0.446. The number of fused-ring (bicyclic) bond motifs is 1. The molecule has 1 aliphatic rings. The first-order chi connectivity index (χ1) is 9.24. The molecule has 19 heavy (non-hydrogen) atoms. The Balaban J connectivity index is 1.76. The summed E-state index contributed by atoms with van der Waals surface area (Å²) < 4.78 is 0. The van der Waals surface area contributed by atoms with Crippen LogP contribution < -0.4 is 5.32 Å². The lowest BCUT2D eigenvalue weighted by atomic mass is 9.87. The summed E-state index contributed by atoms with van der Waals surface area (Å²) in [4.78, 5) is 1.41. The monoisotopic (exact) mass is 273 g/mol. The molecule has 3 rings (SSSR count). The van der Waals surface area contributed by atoms with Gasteiger partial charge in [0.25, 0.3) is 0 Å². The molecule has 0 saturated carbocycles. The van der Waals surface area contributed by atoms with Crippen molar-refractivity contribution in [1.82, 2.24) is 5.32 Å². The summed E-state index contributed by atoms with van der Waals surface area (Å²) in [6, 6.07) is 8.33. The number of benzene rings is 1. The second-order valence-electron chi connectivity index (χ2n) is 5.24. The van der Waals surface area contributed by atoms with Gasteiger partial charge in [-0.1, -0.05) is 6.07 Å². The van der Waals surface area contributed by atoms with Gasteiger partial charge in [0.2, 0.25) is 0 Å². The molecule has 0 bridgehead atoms. The first-order valence-corrected chi connectivity index (χ1v) is 7.70. The van der Waals surface area contributed by atoms with Crippen LogP contribution in [0, 0.1) is 6.92 Å². The van der Waals surface area contributed by atoms with E-state index in [1.54, 1.807) is 6.07 Å². The highest BCUT2D eigenvalue weighted by molar-refractivity contribution is 7.10. The van der Waals surface area contributed by atoms with Gasteiger partial charge in [-0.25, -0.2) is 0 Å². The summed E-state index contributed by atoms with van der Waals surface area (Å²) in [5, 5.41) is 15.5. The minimum atomic E-state index is 0.373. The number of hydrogen-bond acceptors (Lipinski definition) is 3. The number of hydrogen-bond donors (Lipinski definition) is 2. The van der Waals surface area contributed by atoms with Crippen LogP contribution in [0.15, 0.2) is 29.6 Å². The average Bonchev–Trinajstić information content (AvgIpc) is 2.82. The summed E-state index contributed by atoms with van der Waals surface area (Å²) in [6.07, 6.45) is 3.51. The third kappa shape index (κ3) is 2.67. The van der Waals surface area contributed by atoms with Crippen LogP contribution in [-0.4, -0.2) is 5.11 Å². The maximum atomic E-state index is 9.68. The molecule has 3 heteroatoms. The van der Waals surface area contributed by atoms with E-state index in [0.29, 0.717) is 11.8 Å². The molecule has 1 aromatic heterocycles. The predicted octanol–water partition coefficient (Wildman–Crippen LogP) is 3.93. The van der Waals surface area contributed by atoms with Gasteiger partial charge in [0, 0.05) is 17.5 Å². The van der Waals surface area contributed by atoms with Crippen molar-refractivity contribution in [2.75, 3.05) is 0 Å². The molecule has 0 aliphatic heterocycles. The zero-order chi connectivity index (χ0) is 13.2. The number of thiophene rings is 1. The number of nitrogens with one attached hydrogen (secondary N) is 1. The Hall–Kier alpha value is -1.32. The predicted molar refractivity (Wildman–Crippen MR) is 79.7 cm³/mol. The van der Waals surface area contributed by atoms with Gasteiger partial charge in [-0.15, -0.1) is 11.3 Å². The molecule has 1 unspecified atom stereocenters. The zero-order valence-corrected chi connectivity index (χ0v) is 12.0. The fourth-order valence-corrected chi connectivity index (χ4v) is 3.66. The molecule has 2 N–H and O–H groups in total. The average molecular weight is 273 g/mol. The van der Waals surface area contributed by atoms with Crippen molar-refractivity contribution >= 4 is 11.3 Å². The molecule has 0 radical (unpaired) electrons. The van der Waals surface area contributed by atoms with Gasteiger partial charge in [0.05, 0.1) is 0 Å².